The maximum Gasteiger partial charge on any atom is 0.573 e. The molecule has 0 bridgehead atoms. The summed E-state index contributed by atoms with van der Waals surface area (Å²) >= 11 is 0. The van der Waals surface area contributed by atoms with Crippen molar-refractivity contribution in [2.45, 2.75) is 19.8 Å². The van der Waals surface area contributed by atoms with E-state index in [0.717, 1.165) is 0 Å². The summed E-state index contributed by atoms with van der Waals surface area (Å²) in [5.74, 6) is 0.508. The lowest BCUT2D eigenvalue weighted by Crippen LogP contribution is -2.16. The third-order valence-corrected chi connectivity index (χ3v) is 3.22. The third-order valence-electron chi connectivity index (χ3n) is 3.22. The topological polar surface area (TPSA) is 78.9 Å². The lowest BCUT2D eigenvalue weighted by atomic mass is 10.2. The van der Waals surface area contributed by atoms with E-state index in [0.29, 0.717) is 29.1 Å². The van der Waals surface area contributed by atoms with Crippen LogP contribution in [0.2, 0.25) is 0 Å². The number of imidazole rings is 1. The van der Waals surface area contributed by atoms with E-state index in [4.69, 9.17) is 5.73 Å². The predicted molar refractivity (Wildman–Crippen MR) is 77.5 cm³/mol. The number of nitrogens with two attached hydrogens (primary N) is 1. The second-order valence-electron chi connectivity index (χ2n) is 4.68. The Kier molecular flexibility index (Phi) is 3.55. The molecule has 2 aromatic heterocycles. The summed E-state index contributed by atoms with van der Waals surface area (Å²) < 4.78 is 42.3. The van der Waals surface area contributed by atoms with Gasteiger partial charge in [0.05, 0.1) is 0 Å². The van der Waals surface area contributed by atoms with Crippen molar-refractivity contribution >= 4 is 17.0 Å². The maximum absolute atomic E-state index is 12.2. The minimum atomic E-state index is -4.72. The Labute approximate surface area is 128 Å². The van der Waals surface area contributed by atoms with Crippen molar-refractivity contribution in [3.05, 3.63) is 30.6 Å². The highest BCUT2D eigenvalue weighted by Crippen LogP contribution is 2.28. The summed E-state index contributed by atoms with van der Waals surface area (Å²) in [6.07, 6.45) is -3.38. The van der Waals surface area contributed by atoms with Crippen LogP contribution in [0.3, 0.4) is 0 Å². The molecule has 2 N–H and O–H groups in total. The van der Waals surface area contributed by atoms with Gasteiger partial charge in [-0.3, -0.25) is 0 Å². The number of aromatic nitrogens is 4. The summed E-state index contributed by atoms with van der Waals surface area (Å²) in [6.45, 7) is 2.48. The van der Waals surface area contributed by atoms with E-state index in [2.05, 4.69) is 19.7 Å². The van der Waals surface area contributed by atoms with Crippen LogP contribution >= 0.6 is 0 Å². The standard InChI is InChI=1S/C14H12F3N5O/c1-2-22-12(21-10-11(18)19-7-20-13(10)22)8-3-5-9(6-4-8)23-14(15,16)17/h3-7H,2H2,1H3,(H2,18,19,20). The third kappa shape index (κ3) is 2.89. The molecule has 1 aromatic carbocycles. The quantitative estimate of drug-likeness (QED) is 0.801. The molecule has 0 saturated heterocycles. The molecule has 23 heavy (non-hydrogen) atoms. The van der Waals surface area contributed by atoms with Crippen molar-refractivity contribution < 1.29 is 17.9 Å². The summed E-state index contributed by atoms with van der Waals surface area (Å²) in [6, 6.07) is 5.46. The van der Waals surface area contributed by atoms with Crippen LogP contribution in [-0.2, 0) is 6.54 Å². The molecule has 9 heteroatoms. The number of aryl methyl sites for hydroxylation is 1. The molecule has 120 valence electrons. The van der Waals surface area contributed by atoms with Gasteiger partial charge < -0.3 is 15.0 Å². The van der Waals surface area contributed by atoms with Gasteiger partial charge in [0.25, 0.3) is 0 Å². The van der Waals surface area contributed by atoms with Crippen molar-refractivity contribution in [3.63, 3.8) is 0 Å². The molecule has 2 heterocycles. The molecule has 0 aliphatic rings. The highest BCUT2D eigenvalue weighted by Gasteiger charge is 2.31. The van der Waals surface area contributed by atoms with Crippen LogP contribution < -0.4 is 10.5 Å². The van der Waals surface area contributed by atoms with E-state index in [9.17, 15) is 13.2 Å². The van der Waals surface area contributed by atoms with Crippen molar-refractivity contribution in [1.29, 1.82) is 0 Å². The molecule has 6 nitrogen and oxygen atoms in total. The first-order valence-electron chi connectivity index (χ1n) is 6.72. The minimum Gasteiger partial charge on any atom is -0.406 e. The van der Waals surface area contributed by atoms with E-state index in [-0.39, 0.29) is 11.6 Å². The predicted octanol–water partition coefficient (Wildman–Crippen LogP) is 2.99. The van der Waals surface area contributed by atoms with Gasteiger partial charge in [0.1, 0.15) is 17.9 Å². The molecule has 0 saturated carbocycles. The Morgan fingerprint density at radius 2 is 1.87 bits per heavy atom. The smallest absolute Gasteiger partial charge is 0.406 e. The van der Waals surface area contributed by atoms with E-state index >= 15 is 0 Å². The average molecular weight is 323 g/mol. The van der Waals surface area contributed by atoms with Crippen LogP contribution in [-0.4, -0.2) is 25.9 Å². The number of alkyl halides is 3. The van der Waals surface area contributed by atoms with Crippen LogP contribution in [0, 0.1) is 0 Å². The van der Waals surface area contributed by atoms with E-state index in [1.807, 2.05) is 11.5 Å². The Morgan fingerprint density at radius 3 is 2.48 bits per heavy atom. The summed E-state index contributed by atoms with van der Waals surface area (Å²) in [4.78, 5) is 12.5. The summed E-state index contributed by atoms with van der Waals surface area (Å²) in [5.41, 5.74) is 7.45. The van der Waals surface area contributed by atoms with Crippen molar-refractivity contribution in [2.75, 3.05) is 5.73 Å². The molecular formula is C14H12F3N5O. The Morgan fingerprint density at radius 1 is 1.17 bits per heavy atom. The molecule has 0 unspecified atom stereocenters. The normalized spacial score (nSPS) is 11.8. The number of hydrogen-bond acceptors (Lipinski definition) is 5. The minimum absolute atomic E-state index is 0.250. The Hall–Kier alpha value is -2.84. The maximum atomic E-state index is 12.2. The van der Waals surface area contributed by atoms with E-state index in [1.165, 1.54) is 30.6 Å². The van der Waals surface area contributed by atoms with E-state index < -0.39 is 6.36 Å². The zero-order chi connectivity index (χ0) is 16.6. The van der Waals surface area contributed by atoms with Crippen LogP contribution in [0.5, 0.6) is 5.75 Å². The number of nitrogens with zero attached hydrogens (tertiary/aromatic N) is 4. The number of fused-ring (bicyclic) bond motifs is 1. The molecule has 3 rings (SSSR count). The van der Waals surface area contributed by atoms with Crippen LogP contribution in [0.1, 0.15) is 6.92 Å². The molecule has 0 aliphatic carbocycles. The molecule has 0 atom stereocenters. The second kappa shape index (κ2) is 5.41. The fourth-order valence-corrected chi connectivity index (χ4v) is 2.28. The van der Waals surface area contributed by atoms with Gasteiger partial charge in [-0.2, -0.15) is 0 Å². The average Bonchev–Trinajstić information content (AvgIpc) is 2.86. The van der Waals surface area contributed by atoms with Crippen LogP contribution in [0.15, 0.2) is 30.6 Å². The fraction of sp³-hybridized carbons (Fsp3) is 0.214. The van der Waals surface area contributed by atoms with Gasteiger partial charge in [0.15, 0.2) is 17.0 Å². The SMILES string of the molecule is CCn1c(-c2ccc(OC(F)(F)F)cc2)nc2c(N)ncnc21. The van der Waals surface area contributed by atoms with Gasteiger partial charge in [0.2, 0.25) is 0 Å². The molecule has 0 amide bonds. The molecule has 3 aromatic rings. The first kappa shape index (κ1) is 15.1. The Balaban J connectivity index is 2.05. The number of halogens is 3. The number of benzene rings is 1. The number of ether oxygens (including phenoxy) is 1. The first-order chi connectivity index (χ1) is 10.9. The number of nitrogen functional groups attached to an aromatic ring is 1. The zero-order valence-corrected chi connectivity index (χ0v) is 12.0. The monoisotopic (exact) mass is 323 g/mol. The molecule has 0 fully saturated rings. The largest absolute Gasteiger partial charge is 0.573 e. The van der Waals surface area contributed by atoms with Gasteiger partial charge in [-0.05, 0) is 31.2 Å². The van der Waals surface area contributed by atoms with Crippen molar-refractivity contribution in [1.82, 2.24) is 19.5 Å². The Bertz CT molecular complexity index is 842. The summed E-state index contributed by atoms with van der Waals surface area (Å²) in [7, 11) is 0. The van der Waals surface area contributed by atoms with Gasteiger partial charge in [-0.25, -0.2) is 15.0 Å². The zero-order valence-electron chi connectivity index (χ0n) is 12.0. The van der Waals surface area contributed by atoms with Crippen LogP contribution in [0.4, 0.5) is 19.0 Å². The second-order valence-corrected chi connectivity index (χ2v) is 4.68. The lowest BCUT2D eigenvalue weighted by Gasteiger charge is -2.09. The molecular weight excluding hydrogens is 311 g/mol. The first-order valence-corrected chi connectivity index (χ1v) is 6.72. The number of rotatable bonds is 3. The van der Waals surface area contributed by atoms with E-state index in [1.54, 1.807) is 0 Å². The molecule has 0 aliphatic heterocycles. The van der Waals surface area contributed by atoms with Gasteiger partial charge in [0, 0.05) is 12.1 Å². The fourth-order valence-electron chi connectivity index (χ4n) is 2.28. The number of anilines is 1. The lowest BCUT2D eigenvalue weighted by molar-refractivity contribution is -0.274. The highest BCUT2D eigenvalue weighted by atomic mass is 19.4. The summed E-state index contributed by atoms with van der Waals surface area (Å²) in [5, 5.41) is 0. The van der Waals surface area contributed by atoms with Gasteiger partial charge in [-0.1, -0.05) is 0 Å². The molecule has 0 spiro atoms. The van der Waals surface area contributed by atoms with Gasteiger partial charge in [-0.15, -0.1) is 13.2 Å². The van der Waals surface area contributed by atoms with Crippen molar-refractivity contribution in [2.24, 2.45) is 0 Å². The molecule has 0 radical (unpaired) electrons. The number of hydrogen-bond donors (Lipinski definition) is 1. The van der Waals surface area contributed by atoms with Crippen molar-refractivity contribution in [3.8, 4) is 17.1 Å². The highest BCUT2D eigenvalue weighted by molar-refractivity contribution is 5.85. The van der Waals surface area contributed by atoms with Gasteiger partial charge >= 0.3 is 6.36 Å². The van der Waals surface area contributed by atoms with Crippen LogP contribution in [0.25, 0.3) is 22.6 Å².